The molecule has 1 fully saturated rings. The number of benzene rings is 4. The number of carbonyl (C=O) groups excluding carboxylic acids is 2. The lowest BCUT2D eigenvalue weighted by Crippen LogP contribution is -2.20. The van der Waals surface area contributed by atoms with Crippen molar-refractivity contribution in [2.45, 2.75) is 0 Å². The van der Waals surface area contributed by atoms with E-state index < -0.39 is 11.8 Å². The van der Waals surface area contributed by atoms with Gasteiger partial charge in [-0.2, -0.15) is 0 Å². The number of nitrogens with one attached hydrogen (secondary N) is 2. The van der Waals surface area contributed by atoms with Crippen molar-refractivity contribution in [3.63, 3.8) is 0 Å². The summed E-state index contributed by atoms with van der Waals surface area (Å²) in [6, 6.07) is 27.5. The highest BCUT2D eigenvalue weighted by Gasteiger charge is 2.52. The molecule has 0 aromatic heterocycles. The molecule has 146 valence electrons. The molecule has 0 bridgehead atoms. The Morgan fingerprint density at radius 3 is 1.43 bits per heavy atom. The van der Waals surface area contributed by atoms with Gasteiger partial charge >= 0.3 is 0 Å². The summed E-state index contributed by atoms with van der Waals surface area (Å²) < 4.78 is 0. The Balaban J connectivity index is 1.27. The highest BCUT2D eigenvalue weighted by Crippen LogP contribution is 2.45. The third-order valence-electron chi connectivity index (χ3n) is 5.62. The van der Waals surface area contributed by atoms with Gasteiger partial charge in [0.2, 0.25) is 11.8 Å². The number of hydrogen-bond donors (Lipinski definition) is 2. The van der Waals surface area contributed by atoms with Crippen LogP contribution < -0.4 is 10.6 Å². The SMILES string of the molecule is C=C1[C@H](C(=O)Nc2ccc3ccccc3c2)[C@H]1C(=O)Nc1ccc2ccccc2c1. The summed E-state index contributed by atoms with van der Waals surface area (Å²) in [7, 11) is 0. The van der Waals surface area contributed by atoms with Crippen LogP contribution in [-0.4, -0.2) is 11.8 Å². The van der Waals surface area contributed by atoms with E-state index in [-0.39, 0.29) is 11.8 Å². The average molecular weight is 392 g/mol. The minimum absolute atomic E-state index is 0.200. The van der Waals surface area contributed by atoms with Gasteiger partial charge in [-0.1, -0.05) is 72.8 Å². The molecule has 2 atom stereocenters. The molecule has 0 spiro atoms. The second-order valence-electron chi connectivity index (χ2n) is 7.63. The lowest BCUT2D eigenvalue weighted by molar-refractivity contribution is -0.122. The van der Waals surface area contributed by atoms with Crippen LogP contribution in [0.4, 0.5) is 11.4 Å². The van der Waals surface area contributed by atoms with Crippen LogP contribution in [-0.2, 0) is 9.59 Å². The molecule has 0 saturated heterocycles. The molecule has 4 nitrogen and oxygen atoms in total. The van der Waals surface area contributed by atoms with Gasteiger partial charge in [0.1, 0.15) is 0 Å². The molecule has 2 amide bonds. The van der Waals surface area contributed by atoms with E-state index in [0.29, 0.717) is 16.9 Å². The van der Waals surface area contributed by atoms with Crippen LogP contribution in [0.3, 0.4) is 0 Å². The predicted molar refractivity (Wildman–Crippen MR) is 121 cm³/mol. The molecule has 5 rings (SSSR count). The van der Waals surface area contributed by atoms with E-state index in [1.807, 2.05) is 84.9 Å². The van der Waals surface area contributed by atoms with Gasteiger partial charge in [-0.05, 0) is 45.8 Å². The van der Waals surface area contributed by atoms with Gasteiger partial charge < -0.3 is 10.6 Å². The Labute approximate surface area is 174 Å². The fourth-order valence-electron chi connectivity index (χ4n) is 3.93. The molecule has 30 heavy (non-hydrogen) atoms. The van der Waals surface area contributed by atoms with Crippen LogP contribution >= 0.6 is 0 Å². The zero-order valence-corrected chi connectivity index (χ0v) is 16.3. The molecule has 0 radical (unpaired) electrons. The number of carbonyl (C=O) groups is 2. The first kappa shape index (κ1) is 18.1. The van der Waals surface area contributed by atoms with E-state index >= 15 is 0 Å². The summed E-state index contributed by atoms with van der Waals surface area (Å²) >= 11 is 0. The highest BCUT2D eigenvalue weighted by atomic mass is 16.2. The number of hydrogen-bond acceptors (Lipinski definition) is 2. The summed E-state index contributed by atoms with van der Waals surface area (Å²) in [5.74, 6) is -1.41. The standard InChI is InChI=1S/C26H20N2O2/c1-16-23(25(29)27-21-12-10-17-6-2-4-8-19(17)14-21)24(16)26(30)28-22-13-11-18-7-3-5-9-20(18)15-22/h2-15,23-24H,1H2,(H,27,29)(H,28,30)/t23-,24-/m0/s1. The van der Waals surface area contributed by atoms with E-state index in [2.05, 4.69) is 17.2 Å². The first-order chi connectivity index (χ1) is 14.6. The molecule has 4 heteroatoms. The van der Waals surface area contributed by atoms with E-state index in [4.69, 9.17) is 0 Å². The van der Waals surface area contributed by atoms with Gasteiger partial charge in [-0.3, -0.25) is 9.59 Å². The summed E-state index contributed by atoms with van der Waals surface area (Å²) in [4.78, 5) is 25.4. The summed E-state index contributed by atoms with van der Waals surface area (Å²) in [5, 5.41) is 10.2. The van der Waals surface area contributed by atoms with Crippen LogP contribution in [0.15, 0.2) is 97.1 Å². The molecule has 1 aliphatic carbocycles. The Morgan fingerprint density at radius 2 is 1.00 bits per heavy atom. The molecule has 4 aromatic rings. The van der Waals surface area contributed by atoms with Crippen molar-refractivity contribution in [2.75, 3.05) is 10.6 Å². The number of rotatable bonds is 4. The Morgan fingerprint density at radius 1 is 0.600 bits per heavy atom. The fraction of sp³-hybridized carbons (Fsp3) is 0.0769. The van der Waals surface area contributed by atoms with Gasteiger partial charge in [0.05, 0.1) is 11.8 Å². The van der Waals surface area contributed by atoms with Crippen molar-refractivity contribution in [1.29, 1.82) is 0 Å². The Hall–Kier alpha value is -3.92. The molecule has 2 N–H and O–H groups in total. The van der Waals surface area contributed by atoms with Gasteiger partial charge in [-0.15, -0.1) is 0 Å². The molecule has 0 unspecified atom stereocenters. The zero-order chi connectivity index (χ0) is 20.7. The molecule has 4 aromatic carbocycles. The molecular weight excluding hydrogens is 372 g/mol. The largest absolute Gasteiger partial charge is 0.326 e. The van der Waals surface area contributed by atoms with Crippen molar-refractivity contribution in [3.05, 3.63) is 97.1 Å². The quantitative estimate of drug-likeness (QED) is 0.459. The fourth-order valence-corrected chi connectivity index (χ4v) is 3.93. The summed E-state index contributed by atoms with van der Waals surface area (Å²) in [6.07, 6.45) is 0. The molecule has 0 heterocycles. The Kier molecular flexibility index (Phi) is 4.32. The van der Waals surface area contributed by atoms with Crippen molar-refractivity contribution >= 4 is 44.7 Å². The van der Waals surface area contributed by atoms with Crippen molar-refractivity contribution in [2.24, 2.45) is 11.8 Å². The van der Waals surface area contributed by atoms with Crippen LogP contribution in [0.2, 0.25) is 0 Å². The van der Waals surface area contributed by atoms with E-state index in [9.17, 15) is 9.59 Å². The lowest BCUT2D eigenvalue weighted by atomic mass is 10.1. The Bertz CT molecular complexity index is 1220. The number of fused-ring (bicyclic) bond motifs is 2. The first-order valence-electron chi connectivity index (χ1n) is 9.88. The number of amides is 2. The first-order valence-corrected chi connectivity index (χ1v) is 9.88. The van der Waals surface area contributed by atoms with Gasteiger partial charge in [0.15, 0.2) is 0 Å². The lowest BCUT2D eigenvalue weighted by Gasteiger charge is -2.07. The summed E-state index contributed by atoms with van der Waals surface area (Å²) in [5.41, 5.74) is 2.07. The zero-order valence-electron chi connectivity index (χ0n) is 16.3. The van der Waals surface area contributed by atoms with E-state index in [1.54, 1.807) is 0 Å². The molecule has 1 saturated carbocycles. The highest BCUT2D eigenvalue weighted by molar-refractivity contribution is 6.09. The molecule has 1 aliphatic rings. The normalized spacial score (nSPS) is 17.7. The van der Waals surface area contributed by atoms with Gasteiger partial charge in [0.25, 0.3) is 0 Å². The van der Waals surface area contributed by atoms with Crippen molar-refractivity contribution < 1.29 is 9.59 Å². The smallest absolute Gasteiger partial charge is 0.232 e. The predicted octanol–water partition coefficient (Wildman–Crippen LogP) is 5.37. The van der Waals surface area contributed by atoms with Gasteiger partial charge in [0, 0.05) is 11.4 Å². The maximum absolute atomic E-state index is 12.7. The third kappa shape index (κ3) is 3.33. The van der Waals surface area contributed by atoms with Crippen LogP contribution in [0, 0.1) is 11.8 Å². The van der Waals surface area contributed by atoms with Crippen molar-refractivity contribution in [3.8, 4) is 0 Å². The van der Waals surface area contributed by atoms with Crippen LogP contribution in [0.25, 0.3) is 21.5 Å². The maximum atomic E-state index is 12.7. The van der Waals surface area contributed by atoms with Gasteiger partial charge in [-0.25, -0.2) is 0 Å². The van der Waals surface area contributed by atoms with Crippen LogP contribution in [0.1, 0.15) is 0 Å². The topological polar surface area (TPSA) is 58.2 Å². The van der Waals surface area contributed by atoms with E-state index in [0.717, 1.165) is 21.5 Å². The summed E-state index contributed by atoms with van der Waals surface area (Å²) in [6.45, 7) is 3.93. The van der Waals surface area contributed by atoms with Crippen LogP contribution in [0.5, 0.6) is 0 Å². The monoisotopic (exact) mass is 392 g/mol. The third-order valence-corrected chi connectivity index (χ3v) is 5.62. The minimum atomic E-state index is -0.503. The molecule has 0 aliphatic heterocycles. The second-order valence-corrected chi connectivity index (χ2v) is 7.63. The number of anilines is 2. The molecular formula is C26H20N2O2. The average Bonchev–Trinajstić information content (AvgIpc) is 3.45. The van der Waals surface area contributed by atoms with Crippen molar-refractivity contribution in [1.82, 2.24) is 0 Å². The minimum Gasteiger partial charge on any atom is -0.326 e. The maximum Gasteiger partial charge on any atom is 0.232 e. The second kappa shape index (κ2) is 7.16. The van der Waals surface area contributed by atoms with E-state index in [1.165, 1.54) is 0 Å².